The monoisotopic (exact) mass is 300 g/mol. The van der Waals surface area contributed by atoms with E-state index in [-0.39, 0.29) is 4.90 Å². The van der Waals surface area contributed by atoms with Crippen LogP contribution in [0.15, 0.2) is 17.0 Å². The molecule has 0 aliphatic carbocycles. The number of sulfonamides is 1. The Kier molecular flexibility index (Phi) is 5.98. The second kappa shape index (κ2) is 7.06. The molecule has 5 nitrogen and oxygen atoms in total. The molecule has 0 bridgehead atoms. The van der Waals surface area contributed by atoms with Crippen LogP contribution in [0.5, 0.6) is 0 Å². The van der Waals surface area contributed by atoms with E-state index < -0.39 is 10.0 Å². The van der Waals surface area contributed by atoms with E-state index in [0.717, 1.165) is 5.56 Å². The van der Waals surface area contributed by atoms with Gasteiger partial charge in [-0.1, -0.05) is 19.1 Å². The van der Waals surface area contributed by atoms with Crippen molar-refractivity contribution in [2.45, 2.75) is 32.6 Å². The van der Waals surface area contributed by atoms with Crippen molar-refractivity contribution >= 4 is 15.7 Å². The minimum Gasteiger partial charge on any atom is -0.397 e. The maximum Gasteiger partial charge on any atom is 0.245 e. The lowest BCUT2D eigenvalue weighted by molar-refractivity contribution is 0.135. The molecule has 0 saturated heterocycles. The van der Waals surface area contributed by atoms with Crippen molar-refractivity contribution in [2.75, 3.05) is 32.0 Å². The number of likely N-dealkylation sites (N-methyl/N-ethyl adjacent to an activating group) is 1. The first kappa shape index (κ1) is 16.9. The zero-order valence-corrected chi connectivity index (χ0v) is 13.5. The van der Waals surface area contributed by atoms with E-state index in [9.17, 15) is 8.42 Å². The van der Waals surface area contributed by atoms with Gasteiger partial charge in [-0.2, -0.15) is 4.31 Å². The Bertz CT molecular complexity index is 556. The Morgan fingerprint density at radius 3 is 2.35 bits per heavy atom. The minimum atomic E-state index is -3.59. The molecule has 0 aliphatic rings. The van der Waals surface area contributed by atoms with Crippen LogP contribution < -0.4 is 5.73 Å². The van der Waals surface area contributed by atoms with Crippen LogP contribution in [0.4, 0.5) is 5.69 Å². The number of ether oxygens (including phenoxy) is 1. The van der Waals surface area contributed by atoms with Gasteiger partial charge in [0.25, 0.3) is 0 Å². The number of rotatable bonds is 7. The SMILES string of the molecule is CCOCCN(CC)S(=O)(=O)c1c(C)ccc(C)c1N. The molecule has 0 spiro atoms. The van der Waals surface area contributed by atoms with Gasteiger partial charge >= 0.3 is 0 Å². The van der Waals surface area contributed by atoms with Crippen LogP contribution in [0.3, 0.4) is 0 Å². The van der Waals surface area contributed by atoms with Gasteiger partial charge in [0.15, 0.2) is 0 Å². The van der Waals surface area contributed by atoms with E-state index in [1.807, 2.05) is 26.8 Å². The first-order valence-electron chi connectivity index (χ1n) is 6.79. The Morgan fingerprint density at radius 2 is 1.80 bits per heavy atom. The predicted octanol–water partition coefficient (Wildman–Crippen LogP) is 1.93. The molecule has 0 atom stereocenters. The summed E-state index contributed by atoms with van der Waals surface area (Å²) < 4.78 is 32.1. The zero-order valence-electron chi connectivity index (χ0n) is 12.6. The molecule has 20 heavy (non-hydrogen) atoms. The molecule has 0 heterocycles. The van der Waals surface area contributed by atoms with E-state index in [1.165, 1.54) is 4.31 Å². The van der Waals surface area contributed by atoms with E-state index in [0.29, 0.717) is 37.6 Å². The Morgan fingerprint density at radius 1 is 1.20 bits per heavy atom. The lowest BCUT2D eigenvalue weighted by Gasteiger charge is -2.23. The van der Waals surface area contributed by atoms with Gasteiger partial charge in [0.1, 0.15) is 4.90 Å². The molecule has 1 aromatic rings. The third-order valence-corrected chi connectivity index (χ3v) is 5.43. The third-order valence-electron chi connectivity index (χ3n) is 3.25. The highest BCUT2D eigenvalue weighted by Gasteiger charge is 2.27. The van der Waals surface area contributed by atoms with E-state index in [2.05, 4.69) is 0 Å². The summed E-state index contributed by atoms with van der Waals surface area (Å²) in [5.74, 6) is 0. The van der Waals surface area contributed by atoms with E-state index in [4.69, 9.17) is 10.5 Å². The number of nitrogen functional groups attached to an aromatic ring is 1. The summed E-state index contributed by atoms with van der Waals surface area (Å²) in [6.45, 7) is 8.95. The van der Waals surface area contributed by atoms with Gasteiger partial charge < -0.3 is 10.5 Å². The van der Waals surface area contributed by atoms with Gasteiger partial charge in [0.05, 0.1) is 12.3 Å². The zero-order chi connectivity index (χ0) is 15.3. The number of nitrogens with zero attached hydrogens (tertiary/aromatic N) is 1. The molecule has 1 aromatic carbocycles. The average molecular weight is 300 g/mol. The second-order valence-corrected chi connectivity index (χ2v) is 6.51. The Hall–Kier alpha value is -1.11. The fraction of sp³-hybridized carbons (Fsp3) is 0.571. The molecule has 0 aromatic heterocycles. The fourth-order valence-corrected chi connectivity index (χ4v) is 3.86. The quantitative estimate of drug-likeness (QED) is 0.617. The van der Waals surface area contributed by atoms with Crippen LogP contribution in [0, 0.1) is 13.8 Å². The van der Waals surface area contributed by atoms with Gasteiger partial charge in [-0.05, 0) is 31.9 Å². The van der Waals surface area contributed by atoms with Crippen LogP contribution in [0.2, 0.25) is 0 Å². The number of hydrogen-bond acceptors (Lipinski definition) is 4. The number of anilines is 1. The van der Waals surface area contributed by atoms with Gasteiger partial charge in [-0.25, -0.2) is 8.42 Å². The van der Waals surface area contributed by atoms with Crippen molar-refractivity contribution in [3.8, 4) is 0 Å². The molecule has 114 valence electrons. The van der Waals surface area contributed by atoms with Gasteiger partial charge in [-0.3, -0.25) is 0 Å². The summed E-state index contributed by atoms with van der Waals surface area (Å²) in [5, 5.41) is 0. The summed E-state index contributed by atoms with van der Waals surface area (Å²) in [6, 6.07) is 3.62. The summed E-state index contributed by atoms with van der Waals surface area (Å²) >= 11 is 0. The third kappa shape index (κ3) is 3.50. The van der Waals surface area contributed by atoms with Crippen molar-refractivity contribution in [3.63, 3.8) is 0 Å². The van der Waals surface area contributed by atoms with Gasteiger partial charge in [0.2, 0.25) is 10.0 Å². The predicted molar refractivity (Wildman–Crippen MR) is 81.3 cm³/mol. The molecule has 0 amide bonds. The van der Waals surface area contributed by atoms with Crippen LogP contribution in [0.25, 0.3) is 0 Å². The molecule has 0 aliphatic heterocycles. The van der Waals surface area contributed by atoms with Crippen LogP contribution in [0.1, 0.15) is 25.0 Å². The van der Waals surface area contributed by atoms with Crippen molar-refractivity contribution in [2.24, 2.45) is 0 Å². The smallest absolute Gasteiger partial charge is 0.245 e. The maximum absolute atomic E-state index is 12.7. The lowest BCUT2D eigenvalue weighted by atomic mass is 10.1. The largest absolute Gasteiger partial charge is 0.397 e. The summed E-state index contributed by atoms with van der Waals surface area (Å²) in [6.07, 6.45) is 0. The lowest BCUT2D eigenvalue weighted by Crippen LogP contribution is -2.34. The van der Waals surface area contributed by atoms with Crippen LogP contribution in [-0.2, 0) is 14.8 Å². The van der Waals surface area contributed by atoms with E-state index >= 15 is 0 Å². The topological polar surface area (TPSA) is 72.6 Å². The molecule has 0 unspecified atom stereocenters. The standard InChI is InChI=1S/C14H24N2O3S/c1-5-16(9-10-19-6-2)20(17,18)14-12(4)8-7-11(3)13(14)15/h7-8H,5-6,9-10,15H2,1-4H3. The van der Waals surface area contributed by atoms with Crippen molar-refractivity contribution in [1.29, 1.82) is 0 Å². The fourth-order valence-electron chi connectivity index (χ4n) is 2.04. The number of aryl methyl sites for hydroxylation is 2. The van der Waals surface area contributed by atoms with Crippen molar-refractivity contribution in [1.82, 2.24) is 4.31 Å². The average Bonchev–Trinajstić information content (AvgIpc) is 2.39. The maximum atomic E-state index is 12.7. The molecule has 0 saturated carbocycles. The highest BCUT2D eigenvalue weighted by Crippen LogP contribution is 2.28. The molecule has 6 heteroatoms. The van der Waals surface area contributed by atoms with E-state index in [1.54, 1.807) is 13.0 Å². The molecule has 0 radical (unpaired) electrons. The summed E-state index contributed by atoms with van der Waals surface area (Å²) in [5.41, 5.74) is 7.76. The van der Waals surface area contributed by atoms with Crippen LogP contribution >= 0.6 is 0 Å². The highest BCUT2D eigenvalue weighted by molar-refractivity contribution is 7.89. The first-order valence-corrected chi connectivity index (χ1v) is 8.23. The molecule has 2 N–H and O–H groups in total. The van der Waals surface area contributed by atoms with Crippen molar-refractivity contribution < 1.29 is 13.2 Å². The summed E-state index contributed by atoms with van der Waals surface area (Å²) in [7, 11) is -3.59. The van der Waals surface area contributed by atoms with Crippen molar-refractivity contribution in [3.05, 3.63) is 23.3 Å². The number of nitrogens with two attached hydrogens (primary N) is 1. The molecular formula is C14H24N2O3S. The number of hydrogen-bond donors (Lipinski definition) is 1. The Balaban J connectivity index is 3.18. The summed E-state index contributed by atoms with van der Waals surface area (Å²) in [4.78, 5) is 0.218. The van der Waals surface area contributed by atoms with Gasteiger partial charge in [0, 0.05) is 19.7 Å². The molecule has 0 fully saturated rings. The Labute approximate surface area is 121 Å². The molecule has 1 rings (SSSR count). The normalized spacial score (nSPS) is 12.1. The first-order chi connectivity index (χ1) is 9.36. The minimum absolute atomic E-state index is 0.218. The second-order valence-electron chi connectivity index (χ2n) is 4.64. The number of benzene rings is 1. The van der Waals surface area contributed by atoms with Crippen LogP contribution in [-0.4, -0.2) is 39.0 Å². The molecular weight excluding hydrogens is 276 g/mol. The highest BCUT2D eigenvalue weighted by atomic mass is 32.2. The van der Waals surface area contributed by atoms with Gasteiger partial charge in [-0.15, -0.1) is 0 Å².